The molecular weight excluding hydrogens is 520 g/mol. The number of carbonyl (C=O) groups excluding carboxylic acids is 2. The van der Waals surface area contributed by atoms with Gasteiger partial charge in [-0.25, -0.2) is 4.68 Å². The van der Waals surface area contributed by atoms with E-state index in [1.807, 2.05) is 79.9 Å². The van der Waals surface area contributed by atoms with Crippen LogP contribution < -0.4 is 10.1 Å². The van der Waals surface area contributed by atoms with Crippen molar-refractivity contribution in [2.24, 2.45) is 0 Å². The summed E-state index contributed by atoms with van der Waals surface area (Å²) in [6.07, 6.45) is 0.196. The predicted octanol–water partition coefficient (Wildman–Crippen LogP) is 3.26. The maximum Gasteiger partial charge on any atom is 0.255 e. The molecule has 1 aromatic heterocycles. The number of benzene rings is 3. The van der Waals surface area contributed by atoms with Gasteiger partial charge in [0, 0.05) is 18.9 Å². The van der Waals surface area contributed by atoms with Crippen molar-refractivity contribution in [3.63, 3.8) is 0 Å². The van der Waals surface area contributed by atoms with E-state index in [-0.39, 0.29) is 0 Å². The molecule has 0 radical (unpaired) electrons. The lowest BCUT2D eigenvalue weighted by Gasteiger charge is -2.39. The van der Waals surface area contributed by atoms with Crippen molar-refractivity contribution in [2.75, 3.05) is 13.7 Å². The smallest absolute Gasteiger partial charge is 0.255 e. The Kier molecular flexibility index (Phi) is 8.19. The Hall–Kier alpha value is -4.47. The van der Waals surface area contributed by atoms with E-state index in [0.717, 1.165) is 33.5 Å². The zero-order valence-electron chi connectivity index (χ0n) is 23.3. The highest BCUT2D eigenvalue weighted by atomic mass is 16.5. The van der Waals surface area contributed by atoms with Gasteiger partial charge in [-0.1, -0.05) is 48.5 Å². The van der Waals surface area contributed by atoms with E-state index < -0.39 is 36.1 Å². The molecular formula is C32H34N4O5. The van der Waals surface area contributed by atoms with E-state index in [0.29, 0.717) is 18.7 Å². The number of aromatic nitrogens is 2. The summed E-state index contributed by atoms with van der Waals surface area (Å²) in [5.74, 6) is -0.853. The number of fused-ring (bicyclic) bond motifs is 1. The highest BCUT2D eigenvalue weighted by Crippen LogP contribution is 2.38. The summed E-state index contributed by atoms with van der Waals surface area (Å²) in [5.41, 5.74) is 5.48. The van der Waals surface area contributed by atoms with Crippen molar-refractivity contribution in [1.29, 1.82) is 0 Å². The van der Waals surface area contributed by atoms with Crippen molar-refractivity contribution >= 4 is 11.8 Å². The molecule has 1 aliphatic heterocycles. The van der Waals surface area contributed by atoms with Crippen LogP contribution in [0.1, 0.15) is 46.8 Å². The Morgan fingerprint density at radius 1 is 1.02 bits per heavy atom. The molecule has 0 fully saturated rings. The number of nitrogens with zero attached hydrogens (tertiary/aromatic N) is 3. The zero-order chi connectivity index (χ0) is 29.1. The van der Waals surface area contributed by atoms with Crippen LogP contribution in [0.5, 0.6) is 5.75 Å². The third kappa shape index (κ3) is 5.73. The summed E-state index contributed by atoms with van der Waals surface area (Å²) in [7, 11) is 1.60. The molecule has 2 amide bonds. The number of aliphatic hydroxyl groups excluding tert-OH is 2. The molecule has 4 aromatic rings. The highest BCUT2D eigenvalue weighted by Gasteiger charge is 2.39. The fraction of sp³-hybridized carbons (Fsp3) is 0.281. The topological polar surface area (TPSA) is 117 Å². The Morgan fingerprint density at radius 3 is 2.41 bits per heavy atom. The molecule has 0 aliphatic carbocycles. The minimum Gasteiger partial charge on any atom is -0.496 e. The largest absolute Gasteiger partial charge is 0.496 e. The maximum atomic E-state index is 13.7. The Labute approximate surface area is 239 Å². The van der Waals surface area contributed by atoms with Crippen molar-refractivity contribution < 1.29 is 24.5 Å². The molecule has 0 spiro atoms. The summed E-state index contributed by atoms with van der Waals surface area (Å²) >= 11 is 0. The van der Waals surface area contributed by atoms with E-state index in [1.165, 1.54) is 4.90 Å². The first-order chi connectivity index (χ1) is 19.8. The second-order valence-corrected chi connectivity index (χ2v) is 10.3. The highest BCUT2D eigenvalue weighted by molar-refractivity contribution is 5.91. The number of carbonyl (C=O) groups is 2. The molecule has 0 bridgehead atoms. The van der Waals surface area contributed by atoms with E-state index in [2.05, 4.69) is 16.5 Å². The Balaban J connectivity index is 1.33. The molecule has 0 saturated carbocycles. The minimum absolute atomic E-state index is 0.321. The molecule has 9 nitrogen and oxygen atoms in total. The van der Waals surface area contributed by atoms with Crippen LogP contribution in [0.3, 0.4) is 0 Å². The van der Waals surface area contributed by atoms with Crippen molar-refractivity contribution in [1.82, 2.24) is 20.0 Å². The number of rotatable bonds is 8. The van der Waals surface area contributed by atoms with Crippen LogP contribution in [0.15, 0.2) is 85.2 Å². The van der Waals surface area contributed by atoms with Gasteiger partial charge >= 0.3 is 0 Å². The SMILES string of the molecule is COc1cc2c(cc1C)CCN(C(=O)[C@H](O)[C@@H](O)C(=O)N[C@H](C)c1ccc(-n3cccn3)cc1)C2c1ccccc1. The maximum absolute atomic E-state index is 13.7. The number of hydrogen-bond donors (Lipinski definition) is 3. The van der Waals surface area contributed by atoms with Gasteiger partial charge in [0.05, 0.1) is 24.9 Å². The van der Waals surface area contributed by atoms with Gasteiger partial charge in [0.15, 0.2) is 12.2 Å². The predicted molar refractivity (Wildman–Crippen MR) is 154 cm³/mol. The molecule has 41 heavy (non-hydrogen) atoms. The third-order valence-corrected chi connectivity index (χ3v) is 7.62. The molecule has 1 aliphatic rings. The van der Waals surface area contributed by atoms with Crippen LogP contribution in [0.2, 0.25) is 0 Å². The Bertz CT molecular complexity index is 1510. The second kappa shape index (κ2) is 12.0. The van der Waals surface area contributed by atoms with Gasteiger partial charge < -0.3 is 25.2 Å². The molecule has 1 unspecified atom stereocenters. The lowest BCUT2D eigenvalue weighted by atomic mass is 9.86. The lowest BCUT2D eigenvalue weighted by molar-refractivity contribution is -0.155. The van der Waals surface area contributed by atoms with E-state index >= 15 is 0 Å². The van der Waals surface area contributed by atoms with Crippen LogP contribution in [0.25, 0.3) is 5.69 Å². The van der Waals surface area contributed by atoms with E-state index in [1.54, 1.807) is 24.9 Å². The Morgan fingerprint density at radius 2 is 1.76 bits per heavy atom. The quantitative estimate of drug-likeness (QED) is 0.308. The number of methoxy groups -OCH3 is 1. The summed E-state index contributed by atoms with van der Waals surface area (Å²) in [4.78, 5) is 28.2. The van der Waals surface area contributed by atoms with Gasteiger partial charge in [-0.2, -0.15) is 5.10 Å². The first-order valence-corrected chi connectivity index (χ1v) is 13.6. The number of aliphatic hydroxyl groups is 2. The minimum atomic E-state index is -1.95. The molecule has 212 valence electrons. The second-order valence-electron chi connectivity index (χ2n) is 10.3. The molecule has 2 heterocycles. The third-order valence-electron chi connectivity index (χ3n) is 7.62. The van der Waals surface area contributed by atoms with Crippen LogP contribution in [-0.2, 0) is 16.0 Å². The molecule has 9 heteroatoms. The summed E-state index contributed by atoms with van der Waals surface area (Å²) in [6, 6.07) is 21.8. The van der Waals surface area contributed by atoms with Gasteiger partial charge in [0.2, 0.25) is 0 Å². The van der Waals surface area contributed by atoms with Crippen LogP contribution in [-0.4, -0.2) is 62.6 Å². The number of amides is 2. The lowest BCUT2D eigenvalue weighted by Crippen LogP contribution is -2.53. The van der Waals surface area contributed by atoms with E-state index in [4.69, 9.17) is 4.74 Å². The fourth-order valence-corrected chi connectivity index (χ4v) is 5.39. The standard InChI is InChI=1S/C32H34N4O5/c1-20-18-24-14-17-35(28(23-8-5-4-6-9-23)26(24)19-27(20)41-3)32(40)30(38)29(37)31(39)34-21(2)22-10-12-25(13-11-22)36-16-7-15-33-36/h4-13,15-16,18-19,21,28-30,37-38H,14,17H2,1-3H3,(H,34,39)/t21-,28?,29-,30-/m1/s1. The van der Waals surface area contributed by atoms with Gasteiger partial charge in [-0.15, -0.1) is 0 Å². The summed E-state index contributed by atoms with van der Waals surface area (Å²) in [5, 5.41) is 28.6. The number of ether oxygens (including phenoxy) is 1. The number of aryl methyl sites for hydroxylation is 1. The summed E-state index contributed by atoms with van der Waals surface area (Å²) < 4.78 is 7.28. The van der Waals surface area contributed by atoms with Crippen LogP contribution >= 0.6 is 0 Å². The van der Waals surface area contributed by atoms with Crippen molar-refractivity contribution in [3.05, 3.63) is 113 Å². The van der Waals surface area contributed by atoms with Crippen LogP contribution in [0, 0.1) is 6.92 Å². The van der Waals surface area contributed by atoms with Crippen LogP contribution in [0.4, 0.5) is 0 Å². The average molecular weight is 555 g/mol. The molecule has 0 saturated heterocycles. The van der Waals surface area contributed by atoms with E-state index in [9.17, 15) is 19.8 Å². The van der Waals surface area contributed by atoms with Gasteiger partial charge in [-0.3, -0.25) is 9.59 Å². The molecule has 3 N–H and O–H groups in total. The van der Waals surface area contributed by atoms with Gasteiger partial charge in [0.1, 0.15) is 5.75 Å². The normalized spacial score (nSPS) is 16.8. The average Bonchev–Trinajstić information content (AvgIpc) is 3.54. The first-order valence-electron chi connectivity index (χ1n) is 13.6. The molecule has 4 atom stereocenters. The van der Waals surface area contributed by atoms with Crippen molar-refractivity contribution in [2.45, 2.75) is 44.6 Å². The summed E-state index contributed by atoms with van der Waals surface area (Å²) in [6.45, 7) is 4.06. The molecule has 5 rings (SSSR count). The monoisotopic (exact) mass is 554 g/mol. The van der Waals surface area contributed by atoms with Gasteiger partial charge in [0.25, 0.3) is 11.8 Å². The number of hydrogen-bond acceptors (Lipinski definition) is 6. The first kappa shape index (κ1) is 28.1. The number of nitrogens with one attached hydrogen (secondary N) is 1. The molecule has 3 aromatic carbocycles. The fourth-order valence-electron chi connectivity index (χ4n) is 5.39. The zero-order valence-corrected chi connectivity index (χ0v) is 23.3. The van der Waals surface area contributed by atoms with Gasteiger partial charge in [-0.05, 0) is 72.4 Å². The van der Waals surface area contributed by atoms with Crippen molar-refractivity contribution in [3.8, 4) is 11.4 Å².